The molecular weight excluding hydrogens is 272 g/mol. The van der Waals surface area contributed by atoms with Gasteiger partial charge in [0.1, 0.15) is 5.56 Å². The molecule has 1 aromatic rings. The number of hydrogen-bond donors (Lipinski definition) is 1. The minimum absolute atomic E-state index is 0.00891. The van der Waals surface area contributed by atoms with Crippen LogP contribution in [0.5, 0.6) is 5.88 Å². The Hall–Kier alpha value is -2.05. The van der Waals surface area contributed by atoms with Crippen LogP contribution in [0.15, 0.2) is 6.20 Å². The van der Waals surface area contributed by atoms with Crippen molar-refractivity contribution in [1.82, 2.24) is 20.0 Å². The lowest BCUT2D eigenvalue weighted by atomic mass is 10.1. The number of aromatic nitrogens is 2. The van der Waals surface area contributed by atoms with E-state index in [9.17, 15) is 9.59 Å². The molecule has 1 aromatic heterocycles. The van der Waals surface area contributed by atoms with Crippen LogP contribution in [0.3, 0.4) is 0 Å². The van der Waals surface area contributed by atoms with Gasteiger partial charge in [0, 0.05) is 26.8 Å². The number of likely N-dealkylation sites (N-methyl/N-ethyl adjacent to an activating group) is 1. The van der Waals surface area contributed by atoms with E-state index in [1.165, 1.54) is 16.7 Å². The Kier molecular flexibility index (Phi) is 6.20. The van der Waals surface area contributed by atoms with Crippen LogP contribution in [0, 0.1) is 5.92 Å². The Bertz CT molecular complexity index is 496. The van der Waals surface area contributed by atoms with Crippen LogP contribution in [0.4, 0.5) is 0 Å². The van der Waals surface area contributed by atoms with E-state index in [1.807, 2.05) is 0 Å². The highest BCUT2D eigenvalue weighted by atomic mass is 16.5. The first-order chi connectivity index (χ1) is 9.85. The van der Waals surface area contributed by atoms with Gasteiger partial charge in [-0.15, -0.1) is 5.10 Å². The molecule has 21 heavy (non-hydrogen) atoms. The molecule has 0 saturated heterocycles. The molecule has 2 amide bonds. The summed E-state index contributed by atoms with van der Waals surface area (Å²) >= 11 is 0. The number of ether oxygens (including phenoxy) is 1. The maximum atomic E-state index is 12.3. The van der Waals surface area contributed by atoms with Gasteiger partial charge in [-0.3, -0.25) is 14.3 Å². The molecule has 118 valence electrons. The number of carbonyl (C=O) groups is 2. The maximum Gasteiger partial charge on any atom is 0.261 e. The van der Waals surface area contributed by atoms with Gasteiger partial charge in [-0.2, -0.15) is 0 Å². The van der Waals surface area contributed by atoms with Gasteiger partial charge >= 0.3 is 0 Å². The number of nitrogens with one attached hydrogen (secondary N) is 1. The summed E-state index contributed by atoms with van der Waals surface area (Å²) in [5, 5.41) is 6.83. The fraction of sp³-hybridized carbons (Fsp3) is 0.643. The highest BCUT2D eigenvalue weighted by Gasteiger charge is 2.21. The van der Waals surface area contributed by atoms with Crippen molar-refractivity contribution in [3.8, 4) is 5.88 Å². The molecule has 0 atom stereocenters. The second kappa shape index (κ2) is 7.66. The van der Waals surface area contributed by atoms with Crippen LogP contribution in [0.1, 0.15) is 30.6 Å². The van der Waals surface area contributed by atoms with Crippen LogP contribution in [-0.2, 0) is 11.8 Å². The van der Waals surface area contributed by atoms with Crippen LogP contribution in [0.2, 0.25) is 0 Å². The predicted molar refractivity (Wildman–Crippen MR) is 79.2 cm³/mol. The van der Waals surface area contributed by atoms with Crippen molar-refractivity contribution >= 4 is 11.8 Å². The van der Waals surface area contributed by atoms with Crippen molar-refractivity contribution in [3.63, 3.8) is 0 Å². The molecule has 7 nitrogen and oxygen atoms in total. The quantitative estimate of drug-likeness (QED) is 0.802. The third-order valence-corrected chi connectivity index (χ3v) is 2.99. The standard InChI is InChI=1S/C14H24N4O3/c1-10(2)6-7-15-12(19)9-17(3)14(20)11-8-18(4)16-13(11)21-5/h8,10H,6-7,9H2,1-5H3,(H,15,19). The first-order valence-electron chi connectivity index (χ1n) is 6.95. The van der Waals surface area contributed by atoms with Crippen molar-refractivity contribution in [2.75, 3.05) is 27.2 Å². The van der Waals surface area contributed by atoms with E-state index in [0.717, 1.165) is 6.42 Å². The molecule has 1 heterocycles. The van der Waals surface area contributed by atoms with Gasteiger partial charge in [0.2, 0.25) is 11.8 Å². The lowest BCUT2D eigenvalue weighted by Gasteiger charge is -2.16. The van der Waals surface area contributed by atoms with E-state index in [4.69, 9.17) is 4.74 Å². The molecule has 0 aliphatic carbocycles. The van der Waals surface area contributed by atoms with Gasteiger partial charge in [0.25, 0.3) is 5.91 Å². The number of rotatable bonds is 7. The Morgan fingerprint density at radius 1 is 1.48 bits per heavy atom. The van der Waals surface area contributed by atoms with Crippen molar-refractivity contribution < 1.29 is 14.3 Å². The average Bonchev–Trinajstić information content (AvgIpc) is 2.78. The van der Waals surface area contributed by atoms with Crippen LogP contribution >= 0.6 is 0 Å². The lowest BCUT2D eigenvalue weighted by Crippen LogP contribution is -2.38. The Morgan fingerprint density at radius 3 is 2.71 bits per heavy atom. The normalized spacial score (nSPS) is 10.6. The molecule has 0 saturated carbocycles. The topological polar surface area (TPSA) is 76.5 Å². The molecule has 0 aromatic carbocycles. The van der Waals surface area contributed by atoms with E-state index < -0.39 is 0 Å². The number of hydrogen-bond acceptors (Lipinski definition) is 4. The highest BCUT2D eigenvalue weighted by Crippen LogP contribution is 2.16. The van der Waals surface area contributed by atoms with Gasteiger partial charge in [0.15, 0.2) is 0 Å². The summed E-state index contributed by atoms with van der Waals surface area (Å²) in [5.41, 5.74) is 0.345. The van der Waals surface area contributed by atoms with Crippen molar-refractivity contribution in [1.29, 1.82) is 0 Å². The maximum absolute atomic E-state index is 12.3. The summed E-state index contributed by atoms with van der Waals surface area (Å²) in [4.78, 5) is 25.4. The molecule has 0 bridgehead atoms. The molecule has 0 aliphatic rings. The molecule has 1 rings (SSSR count). The van der Waals surface area contributed by atoms with E-state index in [-0.39, 0.29) is 24.2 Å². The second-order valence-electron chi connectivity index (χ2n) is 5.42. The third kappa shape index (κ3) is 5.09. The fourth-order valence-electron chi connectivity index (χ4n) is 1.81. The summed E-state index contributed by atoms with van der Waals surface area (Å²) in [5.74, 6) is 0.326. The average molecular weight is 296 g/mol. The monoisotopic (exact) mass is 296 g/mol. The number of aryl methyl sites for hydroxylation is 1. The Balaban J connectivity index is 2.56. The Labute approximate surface area is 125 Å². The zero-order chi connectivity index (χ0) is 16.0. The first kappa shape index (κ1) is 17.0. The molecule has 0 fully saturated rings. The lowest BCUT2D eigenvalue weighted by molar-refractivity contribution is -0.121. The summed E-state index contributed by atoms with van der Waals surface area (Å²) in [6.07, 6.45) is 2.49. The SMILES string of the molecule is COc1nn(C)cc1C(=O)N(C)CC(=O)NCCC(C)C. The number of methoxy groups -OCH3 is 1. The summed E-state index contributed by atoms with van der Waals surface area (Å²) in [7, 11) is 4.74. The second-order valence-corrected chi connectivity index (χ2v) is 5.42. The summed E-state index contributed by atoms with van der Waals surface area (Å²) in [6.45, 7) is 4.82. The van der Waals surface area contributed by atoms with Crippen LogP contribution < -0.4 is 10.1 Å². The molecule has 0 radical (unpaired) electrons. The van der Waals surface area contributed by atoms with Crippen molar-refractivity contribution in [2.24, 2.45) is 13.0 Å². The number of nitrogens with zero attached hydrogens (tertiary/aromatic N) is 3. The molecular formula is C14H24N4O3. The van der Waals surface area contributed by atoms with E-state index in [2.05, 4.69) is 24.3 Å². The largest absolute Gasteiger partial charge is 0.479 e. The number of carbonyl (C=O) groups excluding carboxylic acids is 2. The summed E-state index contributed by atoms with van der Waals surface area (Å²) < 4.78 is 6.56. The minimum atomic E-state index is -0.293. The van der Waals surface area contributed by atoms with Crippen molar-refractivity contribution in [3.05, 3.63) is 11.8 Å². The molecule has 7 heteroatoms. The minimum Gasteiger partial charge on any atom is -0.479 e. The molecule has 0 unspecified atom stereocenters. The van der Waals surface area contributed by atoms with Gasteiger partial charge in [-0.1, -0.05) is 13.8 Å². The zero-order valence-electron chi connectivity index (χ0n) is 13.3. The van der Waals surface area contributed by atoms with Crippen molar-refractivity contribution in [2.45, 2.75) is 20.3 Å². The predicted octanol–water partition coefficient (Wildman–Crippen LogP) is 0.663. The Morgan fingerprint density at radius 2 is 2.14 bits per heavy atom. The van der Waals surface area contributed by atoms with Crippen LogP contribution in [0.25, 0.3) is 0 Å². The molecule has 0 spiro atoms. The highest BCUT2D eigenvalue weighted by molar-refractivity contribution is 5.98. The zero-order valence-corrected chi connectivity index (χ0v) is 13.3. The number of amides is 2. The summed E-state index contributed by atoms with van der Waals surface area (Å²) in [6, 6.07) is 0. The smallest absolute Gasteiger partial charge is 0.261 e. The van der Waals surface area contributed by atoms with Gasteiger partial charge in [-0.05, 0) is 12.3 Å². The molecule has 0 aliphatic heterocycles. The van der Waals surface area contributed by atoms with Gasteiger partial charge in [-0.25, -0.2) is 0 Å². The van der Waals surface area contributed by atoms with Gasteiger partial charge < -0.3 is 15.0 Å². The van der Waals surface area contributed by atoms with Gasteiger partial charge in [0.05, 0.1) is 13.7 Å². The fourth-order valence-corrected chi connectivity index (χ4v) is 1.81. The van der Waals surface area contributed by atoms with Crippen LogP contribution in [-0.4, -0.2) is 53.7 Å². The van der Waals surface area contributed by atoms with E-state index >= 15 is 0 Å². The third-order valence-electron chi connectivity index (χ3n) is 2.99. The first-order valence-corrected chi connectivity index (χ1v) is 6.95. The molecule has 1 N–H and O–H groups in total. The van der Waals surface area contributed by atoms with E-state index in [0.29, 0.717) is 18.0 Å². The van der Waals surface area contributed by atoms with E-state index in [1.54, 1.807) is 20.3 Å².